The van der Waals surface area contributed by atoms with Crippen molar-refractivity contribution < 1.29 is 34.2 Å². The van der Waals surface area contributed by atoms with Gasteiger partial charge in [0.05, 0.1) is 13.2 Å². The molecule has 0 spiro atoms. The Bertz CT molecular complexity index is 787. The van der Waals surface area contributed by atoms with Crippen LogP contribution in [-0.2, 0) is 30.4 Å². The summed E-state index contributed by atoms with van der Waals surface area (Å²) in [5, 5.41) is 25.1. The number of carbonyl (C=O) groups excluding carboxylic acids is 4. The fourth-order valence-corrected chi connectivity index (χ4v) is 2.50. The molecular weight excluding hydrogens is 410 g/mol. The molecule has 0 aromatic heterocycles. The van der Waals surface area contributed by atoms with Crippen molar-refractivity contribution in [3.63, 3.8) is 0 Å². The van der Waals surface area contributed by atoms with Crippen molar-refractivity contribution in [3.05, 3.63) is 35.9 Å². The molecule has 0 saturated carbocycles. The molecule has 170 valence electrons. The molecule has 0 aliphatic rings. The molecule has 3 unspecified atom stereocenters. The number of benzene rings is 1. The second-order valence-electron chi connectivity index (χ2n) is 6.72. The lowest BCUT2D eigenvalue weighted by molar-refractivity contribution is -0.142. The van der Waals surface area contributed by atoms with E-state index in [1.165, 1.54) is 0 Å². The Labute approximate surface area is 178 Å². The van der Waals surface area contributed by atoms with Gasteiger partial charge >= 0.3 is 5.97 Å². The van der Waals surface area contributed by atoms with Crippen molar-refractivity contribution in [1.82, 2.24) is 16.0 Å². The van der Waals surface area contributed by atoms with Gasteiger partial charge in [0.2, 0.25) is 23.6 Å². The molecule has 1 rings (SSSR count). The van der Waals surface area contributed by atoms with Crippen LogP contribution in [-0.4, -0.2) is 71.1 Å². The van der Waals surface area contributed by atoms with Crippen LogP contribution in [0, 0.1) is 0 Å². The van der Waals surface area contributed by atoms with Crippen LogP contribution < -0.4 is 27.4 Å². The summed E-state index contributed by atoms with van der Waals surface area (Å²) in [5.74, 6) is -4.33. The highest BCUT2D eigenvalue weighted by atomic mass is 16.4. The van der Waals surface area contributed by atoms with Crippen molar-refractivity contribution in [2.24, 2.45) is 11.5 Å². The first kappa shape index (κ1) is 25.5. The van der Waals surface area contributed by atoms with E-state index >= 15 is 0 Å². The molecule has 0 aliphatic carbocycles. The number of hydrogen-bond acceptors (Lipinski definition) is 7. The van der Waals surface area contributed by atoms with Crippen LogP contribution in [0.3, 0.4) is 0 Å². The minimum absolute atomic E-state index is 0.0463. The number of primary amides is 1. The zero-order valence-electron chi connectivity index (χ0n) is 16.7. The predicted molar refractivity (Wildman–Crippen MR) is 108 cm³/mol. The summed E-state index contributed by atoms with van der Waals surface area (Å²) in [4.78, 5) is 58.8. The van der Waals surface area contributed by atoms with Gasteiger partial charge in [0.25, 0.3) is 0 Å². The van der Waals surface area contributed by atoms with Crippen molar-refractivity contribution in [2.75, 3.05) is 13.2 Å². The van der Waals surface area contributed by atoms with E-state index in [2.05, 4.69) is 16.0 Å². The summed E-state index contributed by atoms with van der Waals surface area (Å²) >= 11 is 0. The van der Waals surface area contributed by atoms with E-state index in [0.29, 0.717) is 5.56 Å². The Kier molecular flexibility index (Phi) is 10.6. The third-order valence-electron chi connectivity index (χ3n) is 4.18. The normalized spacial score (nSPS) is 13.4. The highest BCUT2D eigenvalue weighted by molar-refractivity contribution is 5.92. The quantitative estimate of drug-likeness (QED) is 0.168. The van der Waals surface area contributed by atoms with Crippen molar-refractivity contribution >= 4 is 29.6 Å². The molecule has 12 nitrogen and oxygen atoms in total. The summed E-state index contributed by atoms with van der Waals surface area (Å²) in [6, 6.07) is 4.93. The SMILES string of the molecule is NC(=O)CCC(NC(=O)C(Cc1ccccc1)NC(=O)CNC(=O)C(N)CO)C(=O)O. The van der Waals surface area contributed by atoms with E-state index in [1.807, 2.05) is 0 Å². The van der Waals surface area contributed by atoms with Gasteiger partial charge in [-0.25, -0.2) is 4.79 Å². The zero-order chi connectivity index (χ0) is 23.4. The Morgan fingerprint density at radius 1 is 0.968 bits per heavy atom. The van der Waals surface area contributed by atoms with Gasteiger partial charge in [-0.05, 0) is 12.0 Å². The van der Waals surface area contributed by atoms with Gasteiger partial charge in [0.15, 0.2) is 0 Å². The molecule has 0 saturated heterocycles. The highest BCUT2D eigenvalue weighted by Gasteiger charge is 2.27. The Balaban J connectivity index is 2.85. The third kappa shape index (κ3) is 9.69. The molecule has 9 N–H and O–H groups in total. The number of aliphatic carboxylic acids is 1. The molecule has 4 amide bonds. The average molecular weight is 437 g/mol. The number of aliphatic hydroxyl groups is 1. The van der Waals surface area contributed by atoms with E-state index in [-0.39, 0.29) is 19.3 Å². The van der Waals surface area contributed by atoms with Crippen LogP contribution in [0.25, 0.3) is 0 Å². The molecule has 31 heavy (non-hydrogen) atoms. The Morgan fingerprint density at radius 2 is 1.61 bits per heavy atom. The summed E-state index contributed by atoms with van der Waals surface area (Å²) < 4.78 is 0. The van der Waals surface area contributed by atoms with Gasteiger partial charge in [-0.1, -0.05) is 30.3 Å². The van der Waals surface area contributed by atoms with E-state index in [4.69, 9.17) is 16.6 Å². The van der Waals surface area contributed by atoms with Gasteiger partial charge in [-0.15, -0.1) is 0 Å². The van der Waals surface area contributed by atoms with Gasteiger partial charge in [-0.2, -0.15) is 0 Å². The molecule has 3 atom stereocenters. The molecule has 0 fully saturated rings. The van der Waals surface area contributed by atoms with Crippen LogP contribution in [0.2, 0.25) is 0 Å². The fraction of sp³-hybridized carbons (Fsp3) is 0.421. The highest BCUT2D eigenvalue weighted by Crippen LogP contribution is 2.05. The number of nitrogens with one attached hydrogen (secondary N) is 3. The summed E-state index contributed by atoms with van der Waals surface area (Å²) in [7, 11) is 0. The molecular formula is C19H27N5O7. The Morgan fingerprint density at radius 3 is 2.16 bits per heavy atom. The molecule has 1 aromatic rings. The number of nitrogens with two attached hydrogens (primary N) is 2. The zero-order valence-corrected chi connectivity index (χ0v) is 16.7. The number of rotatable bonds is 13. The van der Waals surface area contributed by atoms with E-state index in [0.717, 1.165) is 0 Å². The molecule has 0 heterocycles. The minimum Gasteiger partial charge on any atom is -0.480 e. The van der Waals surface area contributed by atoms with Crippen molar-refractivity contribution in [2.45, 2.75) is 37.4 Å². The molecule has 0 bridgehead atoms. The third-order valence-corrected chi connectivity index (χ3v) is 4.18. The van der Waals surface area contributed by atoms with Crippen LogP contribution in [0.1, 0.15) is 18.4 Å². The number of carboxylic acid groups (broad SMARTS) is 1. The van der Waals surface area contributed by atoms with E-state index in [9.17, 15) is 29.1 Å². The lowest BCUT2D eigenvalue weighted by atomic mass is 10.0. The van der Waals surface area contributed by atoms with Gasteiger partial charge in [0, 0.05) is 12.8 Å². The minimum atomic E-state index is -1.38. The number of carbonyl (C=O) groups is 5. The smallest absolute Gasteiger partial charge is 0.326 e. The van der Waals surface area contributed by atoms with Crippen molar-refractivity contribution in [3.8, 4) is 0 Å². The maximum atomic E-state index is 12.7. The summed E-state index contributed by atoms with van der Waals surface area (Å²) in [6.07, 6.45) is -0.410. The molecule has 1 aromatic carbocycles. The first-order chi connectivity index (χ1) is 14.6. The molecule has 12 heteroatoms. The van der Waals surface area contributed by atoms with Gasteiger partial charge < -0.3 is 37.6 Å². The predicted octanol–water partition coefficient (Wildman–Crippen LogP) is -3.02. The first-order valence-corrected chi connectivity index (χ1v) is 9.43. The summed E-state index contributed by atoms with van der Waals surface area (Å²) in [6.45, 7) is -1.11. The van der Waals surface area contributed by atoms with Gasteiger partial charge in [0.1, 0.15) is 18.1 Å². The summed E-state index contributed by atoms with van der Waals surface area (Å²) in [5.41, 5.74) is 11.1. The topological polar surface area (TPSA) is 214 Å². The number of carboxylic acids is 1. The number of aliphatic hydroxyl groups excluding tert-OH is 1. The van der Waals surface area contributed by atoms with Crippen LogP contribution in [0.15, 0.2) is 30.3 Å². The number of hydrogen-bond donors (Lipinski definition) is 7. The molecule has 0 aliphatic heterocycles. The standard InChI is InChI=1S/C19H27N5O7/c20-12(10-25)17(28)22-9-16(27)23-14(8-11-4-2-1-3-5-11)18(29)24-13(19(30)31)6-7-15(21)26/h1-5,12-14,25H,6-10,20H2,(H2,21,26)(H,22,28)(H,23,27)(H,24,29)(H,30,31). The van der Waals surface area contributed by atoms with E-state index in [1.54, 1.807) is 30.3 Å². The van der Waals surface area contributed by atoms with Crippen LogP contribution >= 0.6 is 0 Å². The first-order valence-electron chi connectivity index (χ1n) is 9.43. The van der Waals surface area contributed by atoms with E-state index < -0.39 is 60.9 Å². The lowest BCUT2D eigenvalue weighted by Gasteiger charge is -2.22. The average Bonchev–Trinajstić information content (AvgIpc) is 2.73. The Hall–Kier alpha value is -3.51. The molecule has 0 radical (unpaired) electrons. The largest absolute Gasteiger partial charge is 0.480 e. The monoisotopic (exact) mass is 437 g/mol. The second-order valence-corrected chi connectivity index (χ2v) is 6.72. The van der Waals surface area contributed by atoms with Gasteiger partial charge in [-0.3, -0.25) is 19.2 Å². The maximum absolute atomic E-state index is 12.7. The van der Waals surface area contributed by atoms with Crippen molar-refractivity contribution in [1.29, 1.82) is 0 Å². The fourth-order valence-electron chi connectivity index (χ4n) is 2.50. The second kappa shape index (κ2) is 12.9. The van der Waals surface area contributed by atoms with Crippen LogP contribution in [0.5, 0.6) is 0 Å². The number of amides is 4. The maximum Gasteiger partial charge on any atom is 0.326 e. The lowest BCUT2D eigenvalue weighted by Crippen LogP contribution is -2.54. The van der Waals surface area contributed by atoms with Crippen LogP contribution in [0.4, 0.5) is 0 Å².